The molecule has 0 bridgehead atoms. The van der Waals surface area contributed by atoms with E-state index in [9.17, 15) is 9.90 Å². The van der Waals surface area contributed by atoms with E-state index < -0.39 is 0 Å². The third-order valence-corrected chi connectivity index (χ3v) is 4.74. The Morgan fingerprint density at radius 3 is 2.71 bits per heavy atom. The van der Waals surface area contributed by atoms with Crippen molar-refractivity contribution in [2.75, 3.05) is 11.4 Å². The first kappa shape index (κ1) is 13.9. The predicted molar refractivity (Wildman–Crippen MR) is 85.5 cm³/mol. The Bertz CT molecular complexity index is 680. The van der Waals surface area contributed by atoms with Crippen molar-refractivity contribution in [3.63, 3.8) is 0 Å². The fraction of sp³-hybridized carbons (Fsp3) is 0.389. The van der Waals surface area contributed by atoms with E-state index in [1.54, 1.807) is 6.07 Å². The van der Waals surface area contributed by atoms with E-state index in [2.05, 4.69) is 13.8 Å². The second kappa shape index (κ2) is 5.40. The van der Waals surface area contributed by atoms with Gasteiger partial charge in [0.1, 0.15) is 5.75 Å². The number of amides is 1. The van der Waals surface area contributed by atoms with Crippen molar-refractivity contribution in [3.8, 4) is 5.75 Å². The largest absolute Gasteiger partial charge is 0.507 e. The van der Waals surface area contributed by atoms with E-state index in [1.165, 1.54) is 0 Å². The summed E-state index contributed by atoms with van der Waals surface area (Å²) in [6.45, 7) is 5.06. The molecule has 1 saturated heterocycles. The van der Waals surface area contributed by atoms with Crippen LogP contribution in [-0.2, 0) is 4.79 Å². The summed E-state index contributed by atoms with van der Waals surface area (Å²) in [5.74, 6) is 1.04. The Kier molecular flexibility index (Phi) is 3.58. The van der Waals surface area contributed by atoms with Gasteiger partial charge in [-0.2, -0.15) is 0 Å². The van der Waals surface area contributed by atoms with Gasteiger partial charge in [-0.25, -0.2) is 0 Å². The van der Waals surface area contributed by atoms with Crippen LogP contribution in [0.4, 0.5) is 5.69 Å². The number of phenolic OH excluding ortho intramolecular Hbond substituents is 1. The molecule has 2 aromatic rings. The molecule has 2 unspecified atom stereocenters. The van der Waals surface area contributed by atoms with Crippen molar-refractivity contribution in [3.05, 3.63) is 36.4 Å². The van der Waals surface area contributed by atoms with E-state index in [4.69, 9.17) is 0 Å². The summed E-state index contributed by atoms with van der Waals surface area (Å²) in [7, 11) is 0. The van der Waals surface area contributed by atoms with Gasteiger partial charge in [0.15, 0.2) is 0 Å². The Hall–Kier alpha value is -2.03. The van der Waals surface area contributed by atoms with Crippen molar-refractivity contribution in [2.45, 2.75) is 26.7 Å². The number of benzene rings is 2. The minimum atomic E-state index is 0.127. The molecule has 1 aliphatic rings. The summed E-state index contributed by atoms with van der Waals surface area (Å²) in [6, 6.07) is 11.2. The van der Waals surface area contributed by atoms with E-state index in [1.807, 2.05) is 35.2 Å². The summed E-state index contributed by atoms with van der Waals surface area (Å²) in [4.78, 5) is 14.6. The number of hydrogen-bond acceptors (Lipinski definition) is 2. The SMILES string of the molecule is CCC(C)C1CCN(c2cccc3c(O)cccc23)C1=O. The highest BCUT2D eigenvalue weighted by Gasteiger charge is 2.35. The molecule has 110 valence electrons. The quantitative estimate of drug-likeness (QED) is 0.926. The number of phenols is 1. The van der Waals surface area contributed by atoms with Gasteiger partial charge in [-0.1, -0.05) is 44.5 Å². The fourth-order valence-corrected chi connectivity index (χ4v) is 3.27. The van der Waals surface area contributed by atoms with Gasteiger partial charge < -0.3 is 10.0 Å². The lowest BCUT2D eigenvalue weighted by Crippen LogP contribution is -2.29. The molecular formula is C18H21NO2. The molecule has 0 radical (unpaired) electrons. The van der Waals surface area contributed by atoms with Crippen LogP contribution in [0.5, 0.6) is 5.75 Å². The molecule has 0 aliphatic carbocycles. The molecular weight excluding hydrogens is 262 g/mol. The Morgan fingerprint density at radius 1 is 1.24 bits per heavy atom. The zero-order valence-electron chi connectivity index (χ0n) is 12.5. The molecule has 3 heteroatoms. The van der Waals surface area contributed by atoms with Crippen LogP contribution in [0.2, 0.25) is 0 Å². The third kappa shape index (κ3) is 2.27. The van der Waals surface area contributed by atoms with Crippen LogP contribution in [0.1, 0.15) is 26.7 Å². The number of carbonyl (C=O) groups excluding carboxylic acids is 1. The van der Waals surface area contributed by atoms with Gasteiger partial charge in [-0.3, -0.25) is 4.79 Å². The minimum absolute atomic E-state index is 0.127. The maximum Gasteiger partial charge on any atom is 0.230 e. The molecule has 0 aromatic heterocycles. The van der Waals surface area contributed by atoms with Gasteiger partial charge in [0.25, 0.3) is 0 Å². The van der Waals surface area contributed by atoms with Crippen molar-refractivity contribution in [1.29, 1.82) is 0 Å². The van der Waals surface area contributed by atoms with Crippen LogP contribution in [-0.4, -0.2) is 17.6 Å². The smallest absolute Gasteiger partial charge is 0.230 e. The van der Waals surface area contributed by atoms with Crippen LogP contribution < -0.4 is 4.90 Å². The van der Waals surface area contributed by atoms with E-state index in [0.717, 1.165) is 35.8 Å². The zero-order valence-corrected chi connectivity index (χ0v) is 12.5. The monoisotopic (exact) mass is 283 g/mol. The third-order valence-electron chi connectivity index (χ3n) is 4.74. The lowest BCUT2D eigenvalue weighted by atomic mass is 9.91. The van der Waals surface area contributed by atoms with Crippen LogP contribution >= 0.6 is 0 Å². The lowest BCUT2D eigenvalue weighted by Gasteiger charge is -2.21. The number of carbonyl (C=O) groups is 1. The first-order valence-electron chi connectivity index (χ1n) is 7.65. The number of aromatic hydroxyl groups is 1. The van der Waals surface area contributed by atoms with Gasteiger partial charge in [-0.05, 0) is 24.5 Å². The number of hydrogen-bond donors (Lipinski definition) is 1. The molecule has 21 heavy (non-hydrogen) atoms. The van der Waals surface area contributed by atoms with Crippen molar-refractivity contribution in [1.82, 2.24) is 0 Å². The number of rotatable bonds is 3. The van der Waals surface area contributed by atoms with Gasteiger partial charge in [0.2, 0.25) is 5.91 Å². The normalized spacial score (nSPS) is 20.2. The Morgan fingerprint density at radius 2 is 1.95 bits per heavy atom. The fourth-order valence-electron chi connectivity index (χ4n) is 3.27. The highest BCUT2D eigenvalue weighted by Crippen LogP contribution is 2.36. The summed E-state index contributed by atoms with van der Waals surface area (Å²) < 4.78 is 0. The minimum Gasteiger partial charge on any atom is -0.507 e. The topological polar surface area (TPSA) is 40.5 Å². The maximum atomic E-state index is 12.7. The van der Waals surface area contributed by atoms with Gasteiger partial charge in [0, 0.05) is 23.2 Å². The molecule has 3 rings (SSSR count). The molecule has 0 saturated carbocycles. The van der Waals surface area contributed by atoms with Gasteiger partial charge in [0.05, 0.1) is 5.69 Å². The average Bonchev–Trinajstić information content (AvgIpc) is 2.88. The number of anilines is 1. The molecule has 1 aliphatic heterocycles. The van der Waals surface area contributed by atoms with Crippen molar-refractivity contribution >= 4 is 22.4 Å². The van der Waals surface area contributed by atoms with Crippen LogP contribution in [0.15, 0.2) is 36.4 Å². The molecule has 2 atom stereocenters. The van der Waals surface area contributed by atoms with Gasteiger partial charge >= 0.3 is 0 Å². The summed E-state index contributed by atoms with van der Waals surface area (Å²) in [5, 5.41) is 11.7. The van der Waals surface area contributed by atoms with E-state index in [-0.39, 0.29) is 17.6 Å². The van der Waals surface area contributed by atoms with Crippen molar-refractivity contribution < 1.29 is 9.90 Å². The van der Waals surface area contributed by atoms with E-state index in [0.29, 0.717) is 5.92 Å². The van der Waals surface area contributed by atoms with Crippen LogP contribution in [0.25, 0.3) is 10.8 Å². The number of fused-ring (bicyclic) bond motifs is 1. The second-order valence-electron chi connectivity index (χ2n) is 5.92. The van der Waals surface area contributed by atoms with E-state index >= 15 is 0 Å². The standard InChI is InChI=1S/C18H21NO2/c1-3-12(2)13-10-11-19(18(13)21)16-8-4-7-15-14(16)6-5-9-17(15)20/h4-9,12-13,20H,3,10-11H2,1-2H3. The highest BCUT2D eigenvalue weighted by atomic mass is 16.3. The molecule has 3 nitrogen and oxygen atoms in total. The highest BCUT2D eigenvalue weighted by molar-refractivity contribution is 6.06. The summed E-state index contributed by atoms with van der Waals surface area (Å²) in [6.07, 6.45) is 1.95. The first-order valence-corrected chi connectivity index (χ1v) is 7.65. The Labute approximate surface area is 125 Å². The van der Waals surface area contributed by atoms with Crippen molar-refractivity contribution in [2.24, 2.45) is 11.8 Å². The lowest BCUT2D eigenvalue weighted by molar-refractivity contribution is -0.121. The molecule has 2 aromatic carbocycles. The molecule has 0 spiro atoms. The first-order chi connectivity index (χ1) is 10.1. The molecule has 1 fully saturated rings. The zero-order chi connectivity index (χ0) is 15.0. The number of nitrogens with zero attached hydrogens (tertiary/aromatic N) is 1. The van der Waals surface area contributed by atoms with Gasteiger partial charge in [-0.15, -0.1) is 0 Å². The predicted octanol–water partition coefficient (Wildman–Crippen LogP) is 3.94. The Balaban J connectivity index is 2.02. The molecule has 1 N–H and O–H groups in total. The summed E-state index contributed by atoms with van der Waals surface area (Å²) in [5.41, 5.74) is 0.916. The summed E-state index contributed by atoms with van der Waals surface area (Å²) >= 11 is 0. The second-order valence-corrected chi connectivity index (χ2v) is 5.92. The molecule has 1 amide bonds. The van der Waals surface area contributed by atoms with Crippen LogP contribution in [0, 0.1) is 11.8 Å². The van der Waals surface area contributed by atoms with Crippen LogP contribution in [0.3, 0.4) is 0 Å². The average molecular weight is 283 g/mol. The molecule has 1 heterocycles. The maximum absolute atomic E-state index is 12.7.